The minimum atomic E-state index is -0.530. The van der Waals surface area contributed by atoms with Crippen LogP contribution in [0.15, 0.2) is 36.4 Å². The smallest absolute Gasteiger partial charge is 0.269 e. The third-order valence-electron chi connectivity index (χ3n) is 4.01. The highest BCUT2D eigenvalue weighted by molar-refractivity contribution is 5.96. The van der Waals surface area contributed by atoms with Crippen LogP contribution in [0.2, 0.25) is 0 Å². The molecule has 2 aromatic carbocycles. The molecule has 28 heavy (non-hydrogen) atoms. The molecule has 0 bridgehead atoms. The predicted molar refractivity (Wildman–Crippen MR) is 102 cm³/mol. The number of hydrogen-bond donors (Lipinski definition) is 3. The molecule has 0 aliphatic carbocycles. The molecule has 0 spiro atoms. The monoisotopic (exact) mass is 384 g/mol. The van der Waals surface area contributed by atoms with E-state index in [-0.39, 0.29) is 12.0 Å². The quantitative estimate of drug-likeness (QED) is 0.556. The first kappa shape index (κ1) is 19.0. The molecular weight excluding hydrogens is 364 g/mol. The number of nitrogens with zero attached hydrogens (tertiary/aromatic N) is 1. The van der Waals surface area contributed by atoms with Crippen LogP contribution in [-0.2, 0) is 11.2 Å². The number of amides is 2. The van der Waals surface area contributed by atoms with E-state index in [1.54, 1.807) is 0 Å². The number of aromatic amines is 1. The van der Waals surface area contributed by atoms with Crippen LogP contribution in [0, 0.1) is 0 Å². The Morgan fingerprint density at radius 3 is 2.29 bits per heavy atom. The van der Waals surface area contributed by atoms with Gasteiger partial charge in [-0.05, 0) is 24.3 Å². The minimum absolute atomic E-state index is 0.00971. The van der Waals surface area contributed by atoms with Gasteiger partial charge in [0.2, 0.25) is 11.7 Å². The molecule has 0 radical (unpaired) electrons. The maximum absolute atomic E-state index is 12.4. The number of carbonyl (C=O) groups excluding carboxylic acids is 2. The van der Waals surface area contributed by atoms with Gasteiger partial charge in [-0.2, -0.15) is 0 Å². The number of methoxy groups -OCH3 is 3. The number of rotatable bonds is 6. The Bertz CT molecular complexity index is 956. The number of para-hydroxylation sites is 2. The number of imidazole rings is 1. The molecule has 0 unspecified atom stereocenters. The number of ether oxygens (including phenoxy) is 3. The number of H-pyrrole nitrogens is 1. The Balaban J connectivity index is 1.65. The summed E-state index contributed by atoms with van der Waals surface area (Å²) in [4.78, 5) is 31.9. The molecule has 3 rings (SSSR count). The van der Waals surface area contributed by atoms with Gasteiger partial charge in [-0.1, -0.05) is 12.1 Å². The van der Waals surface area contributed by atoms with Crippen LogP contribution >= 0.6 is 0 Å². The summed E-state index contributed by atoms with van der Waals surface area (Å²) < 4.78 is 15.7. The number of nitrogens with one attached hydrogen (secondary N) is 3. The standard InChI is InChI=1S/C19H20N4O5/c1-26-14-8-11(9-15(27-2)18(14)28-3)19(25)23-22-17(24)10-16-20-12-6-4-5-7-13(12)21-16/h4-9H,10H2,1-3H3,(H,20,21)(H,22,24)(H,23,25). The van der Waals surface area contributed by atoms with Crippen molar-refractivity contribution < 1.29 is 23.8 Å². The van der Waals surface area contributed by atoms with Gasteiger partial charge >= 0.3 is 0 Å². The maximum atomic E-state index is 12.4. The Morgan fingerprint density at radius 2 is 1.68 bits per heavy atom. The summed E-state index contributed by atoms with van der Waals surface area (Å²) in [6.07, 6.45) is -0.00971. The van der Waals surface area contributed by atoms with Gasteiger partial charge in [0.25, 0.3) is 5.91 Å². The van der Waals surface area contributed by atoms with Crippen LogP contribution in [0.5, 0.6) is 17.2 Å². The molecule has 1 aromatic heterocycles. The van der Waals surface area contributed by atoms with Crippen molar-refractivity contribution in [3.05, 3.63) is 47.8 Å². The van der Waals surface area contributed by atoms with E-state index in [2.05, 4.69) is 20.8 Å². The minimum Gasteiger partial charge on any atom is -0.493 e. The number of hydrogen-bond acceptors (Lipinski definition) is 6. The van der Waals surface area contributed by atoms with Crippen LogP contribution < -0.4 is 25.1 Å². The van der Waals surface area contributed by atoms with Crippen molar-refractivity contribution in [3.8, 4) is 17.2 Å². The van der Waals surface area contributed by atoms with Crippen molar-refractivity contribution in [2.75, 3.05) is 21.3 Å². The van der Waals surface area contributed by atoms with Gasteiger partial charge in [0.15, 0.2) is 11.5 Å². The average Bonchev–Trinajstić information content (AvgIpc) is 3.12. The second-order valence-corrected chi connectivity index (χ2v) is 5.79. The summed E-state index contributed by atoms with van der Waals surface area (Å²) in [5.74, 6) is 0.592. The lowest BCUT2D eigenvalue weighted by Gasteiger charge is -2.14. The van der Waals surface area contributed by atoms with Gasteiger partial charge < -0.3 is 19.2 Å². The lowest BCUT2D eigenvalue weighted by Crippen LogP contribution is -2.42. The summed E-state index contributed by atoms with van der Waals surface area (Å²) in [5.41, 5.74) is 6.57. The third kappa shape index (κ3) is 3.98. The summed E-state index contributed by atoms with van der Waals surface area (Å²) in [5, 5.41) is 0. The first-order chi connectivity index (χ1) is 13.5. The molecular formula is C19H20N4O5. The number of carbonyl (C=O) groups is 2. The zero-order valence-corrected chi connectivity index (χ0v) is 15.7. The average molecular weight is 384 g/mol. The van der Waals surface area contributed by atoms with E-state index < -0.39 is 11.8 Å². The molecule has 9 heteroatoms. The van der Waals surface area contributed by atoms with Crippen molar-refractivity contribution in [1.29, 1.82) is 0 Å². The van der Waals surface area contributed by atoms with Gasteiger partial charge in [0, 0.05) is 5.56 Å². The summed E-state index contributed by atoms with van der Waals surface area (Å²) >= 11 is 0. The molecule has 0 aliphatic heterocycles. The molecule has 0 atom stereocenters. The predicted octanol–water partition coefficient (Wildman–Crippen LogP) is 1.59. The molecule has 3 N–H and O–H groups in total. The van der Waals surface area contributed by atoms with Crippen molar-refractivity contribution in [2.24, 2.45) is 0 Å². The van der Waals surface area contributed by atoms with E-state index >= 15 is 0 Å². The normalized spacial score (nSPS) is 10.4. The van der Waals surface area contributed by atoms with Crippen LogP contribution in [0.25, 0.3) is 11.0 Å². The molecule has 1 heterocycles. The third-order valence-corrected chi connectivity index (χ3v) is 4.01. The second-order valence-electron chi connectivity index (χ2n) is 5.79. The van der Waals surface area contributed by atoms with E-state index in [9.17, 15) is 9.59 Å². The highest BCUT2D eigenvalue weighted by Crippen LogP contribution is 2.38. The van der Waals surface area contributed by atoms with E-state index in [1.165, 1.54) is 33.5 Å². The zero-order chi connectivity index (χ0) is 20.1. The maximum Gasteiger partial charge on any atom is 0.269 e. The van der Waals surface area contributed by atoms with Gasteiger partial charge in [0.1, 0.15) is 5.82 Å². The van der Waals surface area contributed by atoms with Gasteiger partial charge in [-0.15, -0.1) is 0 Å². The van der Waals surface area contributed by atoms with E-state index in [1.807, 2.05) is 24.3 Å². The van der Waals surface area contributed by atoms with Crippen LogP contribution in [0.4, 0.5) is 0 Å². The fraction of sp³-hybridized carbons (Fsp3) is 0.211. The van der Waals surface area contributed by atoms with Crippen molar-refractivity contribution in [1.82, 2.24) is 20.8 Å². The first-order valence-corrected chi connectivity index (χ1v) is 8.38. The Labute approximate surface area is 161 Å². The van der Waals surface area contributed by atoms with Crippen molar-refractivity contribution >= 4 is 22.8 Å². The van der Waals surface area contributed by atoms with E-state index in [0.717, 1.165) is 11.0 Å². The Hall–Kier alpha value is -3.75. The highest BCUT2D eigenvalue weighted by Gasteiger charge is 2.17. The molecule has 0 saturated heterocycles. The summed E-state index contributed by atoms with van der Waals surface area (Å²) in [6, 6.07) is 10.4. The fourth-order valence-electron chi connectivity index (χ4n) is 2.70. The number of benzene rings is 2. The molecule has 0 aliphatic rings. The van der Waals surface area contributed by atoms with Gasteiger partial charge in [-0.25, -0.2) is 4.98 Å². The first-order valence-electron chi connectivity index (χ1n) is 8.38. The van der Waals surface area contributed by atoms with Crippen molar-refractivity contribution in [2.45, 2.75) is 6.42 Å². The van der Waals surface area contributed by atoms with Gasteiger partial charge in [-0.3, -0.25) is 20.4 Å². The molecule has 9 nitrogen and oxygen atoms in total. The van der Waals surface area contributed by atoms with Crippen molar-refractivity contribution in [3.63, 3.8) is 0 Å². The molecule has 2 amide bonds. The Kier molecular flexibility index (Phi) is 5.64. The largest absolute Gasteiger partial charge is 0.493 e. The summed E-state index contributed by atoms with van der Waals surface area (Å²) in [7, 11) is 4.38. The topological polar surface area (TPSA) is 115 Å². The van der Waals surface area contributed by atoms with Gasteiger partial charge in [0.05, 0.1) is 38.8 Å². The zero-order valence-electron chi connectivity index (χ0n) is 15.7. The molecule has 3 aromatic rings. The van der Waals surface area contributed by atoms with E-state index in [4.69, 9.17) is 14.2 Å². The molecule has 146 valence electrons. The van der Waals surface area contributed by atoms with Crippen LogP contribution in [0.1, 0.15) is 16.2 Å². The lowest BCUT2D eigenvalue weighted by atomic mass is 10.1. The highest BCUT2D eigenvalue weighted by atomic mass is 16.5. The van der Waals surface area contributed by atoms with Crippen LogP contribution in [-0.4, -0.2) is 43.1 Å². The number of fused-ring (bicyclic) bond motifs is 1. The SMILES string of the molecule is COc1cc(C(=O)NNC(=O)Cc2nc3ccccc3[nH]2)cc(OC)c1OC. The fourth-order valence-corrected chi connectivity index (χ4v) is 2.70. The number of aromatic nitrogens is 2. The molecule has 0 fully saturated rings. The Morgan fingerprint density at radius 1 is 1.00 bits per heavy atom. The molecule has 0 saturated carbocycles. The van der Waals surface area contributed by atoms with Crippen LogP contribution in [0.3, 0.4) is 0 Å². The second kappa shape index (κ2) is 8.30. The lowest BCUT2D eigenvalue weighted by molar-refractivity contribution is -0.121. The number of hydrazine groups is 1. The summed E-state index contributed by atoms with van der Waals surface area (Å²) in [6.45, 7) is 0. The van der Waals surface area contributed by atoms with E-state index in [0.29, 0.717) is 23.1 Å².